The van der Waals surface area contributed by atoms with Crippen molar-refractivity contribution in [3.8, 4) is 11.3 Å². The number of anilines is 1. The Morgan fingerprint density at radius 2 is 2.27 bits per heavy atom. The van der Waals surface area contributed by atoms with Crippen molar-refractivity contribution in [2.45, 2.75) is 13.8 Å². The monoisotopic (exact) mass is 354 g/mol. The quantitative estimate of drug-likeness (QED) is 0.380. The van der Waals surface area contributed by atoms with Crippen LogP contribution in [0.5, 0.6) is 0 Å². The van der Waals surface area contributed by atoms with Crippen LogP contribution in [-0.2, 0) is 4.74 Å². The Bertz CT molecular complexity index is 886. The van der Waals surface area contributed by atoms with Crippen LogP contribution in [-0.4, -0.2) is 39.4 Å². The van der Waals surface area contributed by atoms with Gasteiger partial charge in [-0.1, -0.05) is 31.1 Å². The number of tetrazole rings is 1. The molecule has 134 valence electrons. The number of hydrazone groups is 1. The molecular formula is C17H18N6O3. The number of carbonyl (C=O) groups excluding carboxylic acids is 1. The van der Waals surface area contributed by atoms with E-state index in [2.05, 4.69) is 31.2 Å². The van der Waals surface area contributed by atoms with Gasteiger partial charge in [-0.3, -0.25) is 0 Å². The van der Waals surface area contributed by atoms with Crippen LogP contribution in [0.1, 0.15) is 30.0 Å². The van der Waals surface area contributed by atoms with E-state index in [1.54, 1.807) is 30.3 Å². The van der Waals surface area contributed by atoms with Crippen molar-refractivity contribution < 1.29 is 13.9 Å². The first-order valence-electron chi connectivity index (χ1n) is 8.02. The van der Waals surface area contributed by atoms with Crippen LogP contribution < -0.4 is 5.43 Å². The van der Waals surface area contributed by atoms with Crippen LogP contribution in [0, 0.1) is 5.92 Å². The van der Waals surface area contributed by atoms with Gasteiger partial charge >= 0.3 is 5.97 Å². The molecule has 9 heteroatoms. The molecule has 1 aromatic carbocycles. The molecule has 0 saturated heterocycles. The summed E-state index contributed by atoms with van der Waals surface area (Å²) in [5.41, 5.74) is 3.85. The maximum absolute atomic E-state index is 12.1. The van der Waals surface area contributed by atoms with Crippen molar-refractivity contribution in [2.24, 2.45) is 11.0 Å². The number of aromatic amines is 1. The number of rotatable bonds is 7. The second-order valence-electron chi connectivity index (χ2n) is 5.88. The van der Waals surface area contributed by atoms with Gasteiger partial charge in [0.05, 0.1) is 18.4 Å². The molecule has 0 atom stereocenters. The normalized spacial score (nSPS) is 11.2. The van der Waals surface area contributed by atoms with Crippen molar-refractivity contribution in [3.05, 3.63) is 47.7 Å². The Morgan fingerprint density at radius 3 is 3.04 bits per heavy atom. The van der Waals surface area contributed by atoms with E-state index in [9.17, 15) is 4.79 Å². The molecule has 2 N–H and O–H groups in total. The molecule has 0 fully saturated rings. The predicted molar refractivity (Wildman–Crippen MR) is 94.7 cm³/mol. The molecule has 9 nitrogen and oxygen atoms in total. The number of benzene rings is 1. The number of aromatic nitrogens is 4. The van der Waals surface area contributed by atoms with Gasteiger partial charge in [0, 0.05) is 5.56 Å². The fourth-order valence-corrected chi connectivity index (χ4v) is 2.07. The van der Waals surface area contributed by atoms with E-state index in [0.29, 0.717) is 23.7 Å². The molecule has 0 bridgehead atoms. The van der Waals surface area contributed by atoms with Crippen LogP contribution in [0.2, 0.25) is 0 Å². The highest BCUT2D eigenvalue weighted by Crippen LogP contribution is 2.23. The number of ether oxygens (including phenoxy) is 1. The fourth-order valence-electron chi connectivity index (χ4n) is 2.07. The molecule has 2 aromatic heterocycles. The van der Waals surface area contributed by atoms with E-state index in [4.69, 9.17) is 9.15 Å². The summed E-state index contributed by atoms with van der Waals surface area (Å²) in [6.45, 7) is 4.37. The number of hydrogen-bond donors (Lipinski definition) is 2. The van der Waals surface area contributed by atoms with Gasteiger partial charge in [0.1, 0.15) is 11.5 Å². The van der Waals surface area contributed by atoms with Gasteiger partial charge in [-0.2, -0.15) is 10.3 Å². The fraction of sp³-hybridized carbons (Fsp3) is 0.235. The highest BCUT2D eigenvalue weighted by molar-refractivity contribution is 5.91. The number of nitrogens with one attached hydrogen (secondary N) is 2. The smallest absolute Gasteiger partial charge is 0.338 e. The summed E-state index contributed by atoms with van der Waals surface area (Å²) in [6, 6.07) is 10.7. The van der Waals surface area contributed by atoms with Crippen molar-refractivity contribution in [1.82, 2.24) is 20.6 Å². The van der Waals surface area contributed by atoms with Gasteiger partial charge < -0.3 is 9.15 Å². The molecule has 2 heterocycles. The van der Waals surface area contributed by atoms with Crippen LogP contribution in [0.25, 0.3) is 11.3 Å². The average molecular weight is 354 g/mol. The number of hydrogen-bond acceptors (Lipinski definition) is 8. The summed E-state index contributed by atoms with van der Waals surface area (Å²) in [6.07, 6.45) is 1.49. The maximum atomic E-state index is 12.1. The minimum absolute atomic E-state index is 0.251. The summed E-state index contributed by atoms with van der Waals surface area (Å²) in [5, 5.41) is 17.1. The molecule has 0 aliphatic rings. The van der Waals surface area contributed by atoms with Crippen LogP contribution in [0.4, 0.5) is 5.95 Å². The van der Waals surface area contributed by atoms with E-state index < -0.39 is 0 Å². The van der Waals surface area contributed by atoms with Gasteiger partial charge in [-0.15, -0.1) is 5.10 Å². The Morgan fingerprint density at radius 1 is 1.38 bits per heavy atom. The van der Waals surface area contributed by atoms with Crippen LogP contribution in [0.15, 0.2) is 45.9 Å². The Balaban J connectivity index is 1.67. The topological polar surface area (TPSA) is 118 Å². The lowest BCUT2D eigenvalue weighted by Crippen LogP contribution is -2.10. The van der Waals surface area contributed by atoms with Gasteiger partial charge in [0.2, 0.25) is 0 Å². The molecule has 3 rings (SSSR count). The average Bonchev–Trinajstić information content (AvgIpc) is 3.32. The number of nitrogens with zero attached hydrogens (tertiary/aromatic N) is 4. The lowest BCUT2D eigenvalue weighted by atomic mass is 10.1. The first-order valence-corrected chi connectivity index (χ1v) is 8.02. The molecular weight excluding hydrogens is 336 g/mol. The lowest BCUT2D eigenvalue weighted by Gasteiger charge is -2.07. The lowest BCUT2D eigenvalue weighted by molar-refractivity contribution is 0.0459. The first-order chi connectivity index (χ1) is 12.6. The minimum atomic E-state index is -0.349. The number of carbonyl (C=O) groups is 1. The zero-order valence-corrected chi connectivity index (χ0v) is 14.3. The molecule has 0 spiro atoms. The third-order valence-electron chi connectivity index (χ3n) is 3.26. The molecule has 0 unspecified atom stereocenters. The van der Waals surface area contributed by atoms with Gasteiger partial charge in [-0.25, -0.2) is 10.2 Å². The molecule has 0 aliphatic carbocycles. The second kappa shape index (κ2) is 8.06. The van der Waals surface area contributed by atoms with Crippen molar-refractivity contribution in [3.63, 3.8) is 0 Å². The predicted octanol–water partition coefficient (Wildman–Crippen LogP) is 2.72. The van der Waals surface area contributed by atoms with Gasteiger partial charge in [-0.05, 0) is 35.4 Å². The summed E-state index contributed by atoms with van der Waals surface area (Å²) < 4.78 is 11.0. The number of H-pyrrole nitrogens is 1. The van der Waals surface area contributed by atoms with Gasteiger partial charge in [0.15, 0.2) is 0 Å². The Kier molecular flexibility index (Phi) is 5.37. The molecule has 0 aliphatic heterocycles. The highest BCUT2D eigenvalue weighted by Gasteiger charge is 2.11. The van der Waals surface area contributed by atoms with Crippen LogP contribution in [0.3, 0.4) is 0 Å². The zero-order valence-electron chi connectivity index (χ0n) is 14.3. The van der Waals surface area contributed by atoms with Crippen LogP contribution >= 0.6 is 0 Å². The van der Waals surface area contributed by atoms with E-state index >= 15 is 0 Å². The highest BCUT2D eigenvalue weighted by atomic mass is 16.5. The van der Waals surface area contributed by atoms with Crippen molar-refractivity contribution in [2.75, 3.05) is 12.0 Å². The largest absolute Gasteiger partial charge is 0.462 e. The third-order valence-corrected chi connectivity index (χ3v) is 3.26. The molecule has 0 radical (unpaired) electrons. The van der Waals surface area contributed by atoms with Gasteiger partial charge in [0.25, 0.3) is 5.95 Å². The SMILES string of the molecule is CC(C)COC(=O)c1cccc(-c2ccc(C=NNc3nn[nH]n3)o2)c1. The van der Waals surface area contributed by atoms with Crippen molar-refractivity contribution in [1.29, 1.82) is 0 Å². The van der Waals surface area contributed by atoms with E-state index in [-0.39, 0.29) is 17.8 Å². The third kappa shape index (κ3) is 4.53. The van der Waals surface area contributed by atoms with E-state index in [0.717, 1.165) is 5.56 Å². The van der Waals surface area contributed by atoms with E-state index in [1.807, 2.05) is 19.9 Å². The minimum Gasteiger partial charge on any atom is -0.462 e. The van der Waals surface area contributed by atoms with Crippen molar-refractivity contribution >= 4 is 18.1 Å². The Labute approximate surface area is 149 Å². The molecule has 0 saturated carbocycles. The summed E-state index contributed by atoms with van der Waals surface area (Å²) in [7, 11) is 0. The number of esters is 1. The standard InChI is InChI=1S/C17H18N6O3/c1-11(2)10-25-16(24)13-5-3-4-12(8-13)15-7-6-14(26-15)9-18-19-17-20-22-23-21-17/h3-9,11H,10H2,1-2H3,(H2,19,20,21,22,23). The summed E-state index contributed by atoms with van der Waals surface area (Å²) >= 11 is 0. The summed E-state index contributed by atoms with van der Waals surface area (Å²) in [5.74, 6) is 1.34. The molecule has 0 amide bonds. The molecule has 26 heavy (non-hydrogen) atoms. The summed E-state index contributed by atoms with van der Waals surface area (Å²) in [4.78, 5) is 12.1. The maximum Gasteiger partial charge on any atom is 0.338 e. The first kappa shape index (κ1) is 17.3. The second-order valence-corrected chi connectivity index (χ2v) is 5.88. The van der Waals surface area contributed by atoms with E-state index in [1.165, 1.54) is 6.21 Å². The number of furan rings is 1. The zero-order chi connectivity index (χ0) is 18.4. The Hall–Kier alpha value is -3.49. The molecule has 3 aromatic rings.